The summed E-state index contributed by atoms with van der Waals surface area (Å²) in [5.41, 5.74) is -0.461. The number of ether oxygens (including phenoxy) is 3. The van der Waals surface area contributed by atoms with E-state index in [-0.39, 0.29) is 6.42 Å². The molecular weight excluding hydrogens is 410 g/mol. The number of esters is 1. The molecule has 8 nitrogen and oxygen atoms in total. The van der Waals surface area contributed by atoms with Crippen LogP contribution in [0.15, 0.2) is 24.3 Å². The molecule has 0 spiro atoms. The third kappa shape index (κ3) is 13.2. The monoisotopic (exact) mass is 452 g/mol. The van der Waals surface area contributed by atoms with Gasteiger partial charge in [-0.1, -0.05) is 12.1 Å². The number of carbonyl (C=O) groups is 2. The van der Waals surface area contributed by atoms with E-state index in [1.807, 2.05) is 24.3 Å². The van der Waals surface area contributed by atoms with E-state index in [1.165, 1.54) is 0 Å². The number of nitrogens with one attached hydrogen (secondary N) is 2. The van der Waals surface area contributed by atoms with E-state index in [1.54, 1.807) is 41.5 Å². The smallest absolute Gasteiger partial charge is 0.408 e. The van der Waals surface area contributed by atoms with Gasteiger partial charge in [0, 0.05) is 13.0 Å². The third-order valence-corrected chi connectivity index (χ3v) is 3.88. The molecule has 1 aromatic carbocycles. The fraction of sp³-hybridized carbons (Fsp3) is 0.667. The van der Waals surface area contributed by atoms with E-state index in [0.717, 1.165) is 29.0 Å². The molecule has 0 aromatic heterocycles. The van der Waals surface area contributed by atoms with Gasteiger partial charge in [0.25, 0.3) is 0 Å². The number of rotatable bonds is 10. The molecule has 2 N–H and O–H groups in total. The molecule has 0 bridgehead atoms. The normalized spacial score (nSPS) is 13.3. The largest absolute Gasteiger partial charge is 0.492 e. The maximum absolute atomic E-state index is 12.7. The summed E-state index contributed by atoms with van der Waals surface area (Å²) in [4.78, 5) is 24.9. The predicted octanol–water partition coefficient (Wildman–Crippen LogP) is 3.10. The standard InChI is InChI=1S/C24H41N3O5/c1-23(2,3)31-21(28)20(26-22(29)32-24(4,5)6)16-18-10-12-19(13-11-18)30-15-14-25-17-27(7,8)9/h10-13,20,25H,14-17H2,1-9H3/p+1/t20-/m0/s1. The number of amides is 1. The van der Waals surface area contributed by atoms with Gasteiger partial charge in [-0.15, -0.1) is 0 Å². The molecule has 0 aliphatic heterocycles. The van der Waals surface area contributed by atoms with Crippen LogP contribution in [0, 0.1) is 0 Å². The van der Waals surface area contributed by atoms with Crippen LogP contribution < -0.4 is 15.4 Å². The Labute approximate surface area is 193 Å². The average Bonchev–Trinajstić information content (AvgIpc) is 2.58. The molecule has 0 fully saturated rings. The van der Waals surface area contributed by atoms with Gasteiger partial charge in [0.15, 0.2) is 0 Å². The highest BCUT2D eigenvalue weighted by atomic mass is 16.6. The molecule has 0 saturated carbocycles. The maximum Gasteiger partial charge on any atom is 0.408 e. The second kappa shape index (κ2) is 11.5. The number of quaternary nitrogens is 1. The molecule has 0 aliphatic carbocycles. The van der Waals surface area contributed by atoms with E-state index in [4.69, 9.17) is 14.2 Å². The van der Waals surface area contributed by atoms with Gasteiger partial charge in [-0.25, -0.2) is 9.59 Å². The number of hydrogen-bond donors (Lipinski definition) is 2. The lowest BCUT2D eigenvalue weighted by Gasteiger charge is -2.26. The summed E-state index contributed by atoms with van der Waals surface area (Å²) in [6, 6.07) is 6.60. The minimum Gasteiger partial charge on any atom is -0.492 e. The molecule has 8 heteroatoms. The summed E-state index contributed by atoms with van der Waals surface area (Å²) in [7, 11) is 6.36. The van der Waals surface area contributed by atoms with Crippen molar-refractivity contribution in [3.8, 4) is 5.75 Å². The van der Waals surface area contributed by atoms with Crippen molar-refractivity contribution in [3.05, 3.63) is 29.8 Å². The molecule has 0 unspecified atom stereocenters. The van der Waals surface area contributed by atoms with Crippen molar-refractivity contribution in [1.29, 1.82) is 0 Å². The molecule has 1 rings (SSSR count). The van der Waals surface area contributed by atoms with Crippen molar-refractivity contribution in [3.63, 3.8) is 0 Å². The van der Waals surface area contributed by atoms with E-state index in [2.05, 4.69) is 31.8 Å². The van der Waals surface area contributed by atoms with Crippen molar-refractivity contribution < 1.29 is 28.3 Å². The van der Waals surface area contributed by atoms with Crippen LogP contribution in [0.4, 0.5) is 4.79 Å². The molecule has 1 atom stereocenters. The van der Waals surface area contributed by atoms with Crippen LogP contribution in [0.1, 0.15) is 47.1 Å². The van der Waals surface area contributed by atoms with Gasteiger partial charge in [0.05, 0.1) is 21.1 Å². The number of carbonyl (C=O) groups excluding carboxylic acids is 2. The Morgan fingerprint density at radius 1 is 0.938 bits per heavy atom. The number of alkyl carbamates (subject to hydrolysis) is 1. The molecule has 32 heavy (non-hydrogen) atoms. The molecule has 0 saturated heterocycles. The van der Waals surface area contributed by atoms with Gasteiger partial charge in [-0.05, 0) is 59.2 Å². The van der Waals surface area contributed by atoms with Gasteiger partial charge >= 0.3 is 12.1 Å². The number of nitrogens with zero attached hydrogens (tertiary/aromatic N) is 1. The number of benzene rings is 1. The second-order valence-electron chi connectivity index (χ2n) is 10.9. The molecular formula is C24H42N3O5+. The first-order chi connectivity index (χ1) is 14.5. The predicted molar refractivity (Wildman–Crippen MR) is 126 cm³/mol. The summed E-state index contributed by atoms with van der Waals surface area (Å²) < 4.78 is 17.4. The van der Waals surface area contributed by atoms with Gasteiger partial charge in [-0.2, -0.15) is 0 Å². The Morgan fingerprint density at radius 2 is 1.50 bits per heavy atom. The molecule has 1 amide bonds. The van der Waals surface area contributed by atoms with Gasteiger partial charge < -0.3 is 24.0 Å². The quantitative estimate of drug-likeness (QED) is 0.246. The highest BCUT2D eigenvalue weighted by molar-refractivity contribution is 5.82. The Bertz CT molecular complexity index is 728. The lowest BCUT2D eigenvalue weighted by atomic mass is 10.1. The average molecular weight is 453 g/mol. The van der Waals surface area contributed by atoms with Crippen LogP contribution in [0.3, 0.4) is 0 Å². The molecule has 0 aliphatic rings. The first kappa shape index (κ1) is 27.7. The first-order valence-electron chi connectivity index (χ1n) is 11.0. The molecule has 1 aromatic rings. The summed E-state index contributed by atoms with van der Waals surface area (Å²) in [6.45, 7) is 12.8. The zero-order valence-corrected chi connectivity index (χ0v) is 21.2. The van der Waals surface area contributed by atoms with E-state index in [0.29, 0.717) is 6.61 Å². The fourth-order valence-electron chi connectivity index (χ4n) is 2.63. The topological polar surface area (TPSA) is 85.9 Å². The van der Waals surface area contributed by atoms with E-state index >= 15 is 0 Å². The van der Waals surface area contributed by atoms with Gasteiger partial charge in [-0.3, -0.25) is 5.32 Å². The van der Waals surface area contributed by atoms with Crippen LogP contribution in [0.25, 0.3) is 0 Å². The molecule has 0 radical (unpaired) electrons. The summed E-state index contributed by atoms with van der Waals surface area (Å²) >= 11 is 0. The Hall–Kier alpha value is -2.32. The van der Waals surface area contributed by atoms with Crippen molar-refractivity contribution in [2.75, 3.05) is 41.0 Å². The molecule has 182 valence electrons. The SMILES string of the molecule is CC(C)(C)OC(=O)N[C@@H](Cc1ccc(OCCNC[N+](C)(C)C)cc1)C(=O)OC(C)(C)C. The van der Waals surface area contributed by atoms with Gasteiger partial charge in [0.2, 0.25) is 0 Å². The minimum atomic E-state index is -0.865. The Kier molecular flexibility index (Phi) is 9.97. The van der Waals surface area contributed by atoms with Crippen LogP contribution in [-0.4, -0.2) is 74.8 Å². The number of hydrogen-bond acceptors (Lipinski definition) is 6. The van der Waals surface area contributed by atoms with Crippen molar-refractivity contribution in [2.45, 2.75) is 65.2 Å². The van der Waals surface area contributed by atoms with Crippen LogP contribution in [-0.2, 0) is 20.7 Å². The third-order valence-electron chi connectivity index (χ3n) is 3.88. The summed E-state index contributed by atoms with van der Waals surface area (Å²) in [5.74, 6) is 0.238. The Balaban J connectivity index is 2.71. The first-order valence-corrected chi connectivity index (χ1v) is 11.0. The zero-order valence-electron chi connectivity index (χ0n) is 21.2. The molecule has 0 heterocycles. The lowest BCUT2D eigenvalue weighted by Crippen LogP contribution is -2.47. The second-order valence-corrected chi connectivity index (χ2v) is 10.9. The van der Waals surface area contributed by atoms with Crippen LogP contribution in [0.5, 0.6) is 5.75 Å². The van der Waals surface area contributed by atoms with Crippen molar-refractivity contribution in [1.82, 2.24) is 10.6 Å². The van der Waals surface area contributed by atoms with Gasteiger partial charge in [0.1, 0.15) is 36.3 Å². The summed E-state index contributed by atoms with van der Waals surface area (Å²) in [5, 5.41) is 5.98. The van der Waals surface area contributed by atoms with E-state index < -0.39 is 29.3 Å². The fourth-order valence-corrected chi connectivity index (χ4v) is 2.63. The maximum atomic E-state index is 12.7. The lowest BCUT2D eigenvalue weighted by molar-refractivity contribution is -0.873. The highest BCUT2D eigenvalue weighted by Gasteiger charge is 2.29. The van der Waals surface area contributed by atoms with Crippen molar-refractivity contribution >= 4 is 12.1 Å². The van der Waals surface area contributed by atoms with Crippen LogP contribution in [0.2, 0.25) is 0 Å². The van der Waals surface area contributed by atoms with Crippen LogP contribution >= 0.6 is 0 Å². The zero-order chi connectivity index (χ0) is 24.6. The van der Waals surface area contributed by atoms with Crippen molar-refractivity contribution in [2.24, 2.45) is 0 Å². The minimum absolute atomic E-state index is 0.277. The highest BCUT2D eigenvalue weighted by Crippen LogP contribution is 2.16. The van der Waals surface area contributed by atoms with E-state index in [9.17, 15) is 9.59 Å². The summed E-state index contributed by atoms with van der Waals surface area (Å²) in [6.07, 6.45) is -0.380. The Morgan fingerprint density at radius 3 is 2.00 bits per heavy atom.